The van der Waals surface area contributed by atoms with Gasteiger partial charge in [-0.25, -0.2) is 0 Å². The Morgan fingerprint density at radius 3 is 2.60 bits per heavy atom. The maximum Gasteiger partial charge on any atom is 0.310 e. The lowest BCUT2D eigenvalue weighted by atomic mass is 10.1. The largest absolute Gasteiger partial charge is 0.497 e. The topological polar surface area (TPSA) is 77.3 Å². The first-order valence-electron chi connectivity index (χ1n) is 6.10. The van der Waals surface area contributed by atoms with E-state index in [1.165, 1.54) is 12.4 Å². The Bertz CT molecular complexity index is 599. The molecule has 6 nitrogen and oxygen atoms in total. The van der Waals surface area contributed by atoms with Gasteiger partial charge in [0.25, 0.3) is 0 Å². The van der Waals surface area contributed by atoms with Gasteiger partial charge in [-0.05, 0) is 30.7 Å². The summed E-state index contributed by atoms with van der Waals surface area (Å²) in [6, 6.07) is 9.08. The fourth-order valence-electron chi connectivity index (χ4n) is 1.86. The van der Waals surface area contributed by atoms with Crippen LogP contribution < -0.4 is 10.1 Å². The Kier molecular flexibility index (Phi) is 4.14. The van der Waals surface area contributed by atoms with E-state index in [2.05, 4.69) is 10.3 Å². The molecule has 2 rings (SSSR count). The molecule has 6 heteroatoms. The summed E-state index contributed by atoms with van der Waals surface area (Å²) >= 11 is 0. The van der Waals surface area contributed by atoms with Crippen LogP contribution in [0, 0.1) is 10.1 Å². The number of methoxy groups -OCH3 is 1. The van der Waals surface area contributed by atoms with Crippen molar-refractivity contribution in [2.75, 3.05) is 12.4 Å². The van der Waals surface area contributed by atoms with Crippen molar-refractivity contribution < 1.29 is 9.66 Å². The van der Waals surface area contributed by atoms with E-state index in [1.807, 2.05) is 31.2 Å². The molecule has 1 unspecified atom stereocenters. The van der Waals surface area contributed by atoms with Gasteiger partial charge < -0.3 is 10.1 Å². The molecule has 2 aromatic rings. The third kappa shape index (κ3) is 3.03. The van der Waals surface area contributed by atoms with Crippen LogP contribution in [0.15, 0.2) is 42.7 Å². The second-order valence-corrected chi connectivity index (χ2v) is 4.29. The molecule has 0 saturated heterocycles. The Hall–Kier alpha value is -2.63. The third-order valence-electron chi connectivity index (χ3n) is 2.98. The smallest absolute Gasteiger partial charge is 0.310 e. The first kappa shape index (κ1) is 13.8. The predicted molar refractivity (Wildman–Crippen MR) is 75.9 cm³/mol. The van der Waals surface area contributed by atoms with Crippen molar-refractivity contribution in [2.24, 2.45) is 0 Å². The van der Waals surface area contributed by atoms with Crippen LogP contribution in [0.2, 0.25) is 0 Å². The van der Waals surface area contributed by atoms with E-state index in [0.29, 0.717) is 5.69 Å². The first-order valence-corrected chi connectivity index (χ1v) is 6.10. The molecule has 0 saturated carbocycles. The van der Waals surface area contributed by atoms with Crippen molar-refractivity contribution in [3.8, 4) is 5.75 Å². The Morgan fingerprint density at radius 2 is 2.00 bits per heavy atom. The molecule has 0 radical (unpaired) electrons. The van der Waals surface area contributed by atoms with Crippen LogP contribution in [0.5, 0.6) is 5.75 Å². The highest BCUT2D eigenvalue weighted by Crippen LogP contribution is 2.27. The van der Waals surface area contributed by atoms with Crippen molar-refractivity contribution in [1.29, 1.82) is 0 Å². The zero-order valence-corrected chi connectivity index (χ0v) is 11.2. The number of hydrogen-bond donors (Lipinski definition) is 1. The molecule has 104 valence electrons. The Morgan fingerprint density at radius 1 is 1.30 bits per heavy atom. The van der Waals surface area contributed by atoms with Gasteiger partial charge in [0.2, 0.25) is 0 Å². The van der Waals surface area contributed by atoms with Crippen molar-refractivity contribution in [3.63, 3.8) is 0 Å². The van der Waals surface area contributed by atoms with Crippen molar-refractivity contribution in [3.05, 3.63) is 58.4 Å². The molecule has 0 aliphatic rings. The summed E-state index contributed by atoms with van der Waals surface area (Å²) in [5.74, 6) is 0.774. The molecule has 0 fully saturated rings. The van der Waals surface area contributed by atoms with Crippen molar-refractivity contribution in [2.45, 2.75) is 13.0 Å². The molecular weight excluding hydrogens is 258 g/mol. The molecular formula is C14H15N3O3. The van der Waals surface area contributed by atoms with Gasteiger partial charge in [-0.15, -0.1) is 0 Å². The summed E-state index contributed by atoms with van der Waals surface area (Å²) in [5, 5.41) is 14.1. The maximum absolute atomic E-state index is 10.9. The number of anilines is 1. The molecule has 20 heavy (non-hydrogen) atoms. The van der Waals surface area contributed by atoms with Gasteiger partial charge in [-0.1, -0.05) is 12.1 Å². The fraction of sp³-hybridized carbons (Fsp3) is 0.214. The van der Waals surface area contributed by atoms with Crippen LogP contribution in [0.25, 0.3) is 0 Å². The number of rotatable bonds is 5. The van der Waals surface area contributed by atoms with Crippen molar-refractivity contribution in [1.82, 2.24) is 4.98 Å². The number of nitrogens with one attached hydrogen (secondary N) is 1. The second-order valence-electron chi connectivity index (χ2n) is 4.29. The SMILES string of the molecule is COc1ccc(C(C)Nc2ccncc2[N+](=O)[O-])cc1. The standard InChI is InChI=1S/C14H15N3O3/c1-10(11-3-5-12(20-2)6-4-11)16-13-7-8-15-9-14(13)17(18)19/h3-10H,1-2H3,(H,15,16). The zero-order chi connectivity index (χ0) is 14.5. The molecule has 0 spiro atoms. The van der Waals surface area contributed by atoms with E-state index in [0.717, 1.165) is 11.3 Å². The van der Waals surface area contributed by atoms with Gasteiger partial charge in [0, 0.05) is 12.2 Å². The van der Waals surface area contributed by atoms with E-state index in [-0.39, 0.29) is 11.7 Å². The van der Waals surface area contributed by atoms with Crippen LogP contribution in [-0.4, -0.2) is 17.0 Å². The highest BCUT2D eigenvalue weighted by Gasteiger charge is 2.15. The number of nitrogens with zero attached hydrogens (tertiary/aromatic N) is 2. The summed E-state index contributed by atoms with van der Waals surface area (Å²) in [7, 11) is 1.61. The highest BCUT2D eigenvalue weighted by atomic mass is 16.6. The molecule has 1 atom stereocenters. The average Bonchev–Trinajstić information content (AvgIpc) is 2.47. The Labute approximate surface area is 116 Å². The van der Waals surface area contributed by atoms with E-state index < -0.39 is 4.92 Å². The van der Waals surface area contributed by atoms with Gasteiger partial charge in [0.05, 0.1) is 12.0 Å². The van der Waals surface area contributed by atoms with Gasteiger partial charge in [-0.2, -0.15) is 0 Å². The summed E-state index contributed by atoms with van der Waals surface area (Å²) in [5.41, 5.74) is 1.43. The fourth-order valence-corrected chi connectivity index (χ4v) is 1.86. The Balaban J connectivity index is 2.18. The van der Waals surface area contributed by atoms with E-state index in [9.17, 15) is 10.1 Å². The minimum absolute atomic E-state index is 0.0344. The van der Waals surface area contributed by atoms with Crippen LogP contribution in [0.4, 0.5) is 11.4 Å². The average molecular weight is 273 g/mol. The zero-order valence-electron chi connectivity index (χ0n) is 11.2. The van der Waals surface area contributed by atoms with E-state index in [1.54, 1.807) is 13.2 Å². The molecule has 1 aromatic heterocycles. The molecule has 0 bridgehead atoms. The molecule has 1 heterocycles. The molecule has 0 aliphatic heterocycles. The maximum atomic E-state index is 10.9. The lowest BCUT2D eigenvalue weighted by Crippen LogP contribution is -2.08. The quantitative estimate of drug-likeness (QED) is 0.668. The number of nitro groups is 1. The van der Waals surface area contributed by atoms with Crippen molar-refractivity contribution >= 4 is 11.4 Å². The lowest BCUT2D eigenvalue weighted by Gasteiger charge is -2.15. The number of benzene rings is 1. The monoisotopic (exact) mass is 273 g/mol. The van der Waals surface area contributed by atoms with Gasteiger partial charge in [-0.3, -0.25) is 15.1 Å². The van der Waals surface area contributed by atoms with Crippen LogP contribution in [0.3, 0.4) is 0 Å². The predicted octanol–water partition coefficient (Wildman–Crippen LogP) is 3.17. The second kappa shape index (κ2) is 6.01. The first-order chi connectivity index (χ1) is 9.61. The minimum Gasteiger partial charge on any atom is -0.497 e. The van der Waals surface area contributed by atoms with Crippen LogP contribution in [-0.2, 0) is 0 Å². The van der Waals surface area contributed by atoms with Gasteiger partial charge in [0.1, 0.15) is 17.6 Å². The molecule has 1 aromatic carbocycles. The number of pyridine rings is 1. The number of aromatic nitrogens is 1. The third-order valence-corrected chi connectivity index (χ3v) is 2.98. The highest BCUT2D eigenvalue weighted by molar-refractivity contribution is 5.60. The molecule has 0 aliphatic carbocycles. The molecule has 1 N–H and O–H groups in total. The lowest BCUT2D eigenvalue weighted by molar-refractivity contribution is -0.384. The van der Waals surface area contributed by atoms with Crippen LogP contribution >= 0.6 is 0 Å². The normalized spacial score (nSPS) is 11.7. The molecule has 0 amide bonds. The van der Waals surface area contributed by atoms with Crippen LogP contribution in [0.1, 0.15) is 18.5 Å². The van der Waals surface area contributed by atoms with Gasteiger partial charge in [0.15, 0.2) is 0 Å². The van der Waals surface area contributed by atoms with Gasteiger partial charge >= 0.3 is 5.69 Å². The minimum atomic E-state index is -0.448. The summed E-state index contributed by atoms with van der Waals surface area (Å²) < 4.78 is 5.10. The van der Waals surface area contributed by atoms with E-state index >= 15 is 0 Å². The summed E-state index contributed by atoms with van der Waals surface area (Å²) in [6.07, 6.45) is 2.76. The summed E-state index contributed by atoms with van der Waals surface area (Å²) in [6.45, 7) is 1.94. The number of ether oxygens (including phenoxy) is 1. The van der Waals surface area contributed by atoms with E-state index in [4.69, 9.17) is 4.74 Å². The number of hydrogen-bond acceptors (Lipinski definition) is 5. The summed E-state index contributed by atoms with van der Waals surface area (Å²) in [4.78, 5) is 14.3.